The van der Waals surface area contributed by atoms with Gasteiger partial charge in [0.05, 0.1) is 49.8 Å². The van der Waals surface area contributed by atoms with E-state index in [9.17, 15) is 23.3 Å². The maximum atomic E-state index is 13.1. The van der Waals surface area contributed by atoms with Crippen LogP contribution in [0.3, 0.4) is 0 Å². The van der Waals surface area contributed by atoms with E-state index in [2.05, 4.69) is 30.2 Å². The van der Waals surface area contributed by atoms with E-state index in [-0.39, 0.29) is 30.5 Å². The summed E-state index contributed by atoms with van der Waals surface area (Å²) in [6.07, 6.45) is 2.76. The van der Waals surface area contributed by atoms with Crippen LogP contribution in [0.2, 0.25) is 0 Å². The van der Waals surface area contributed by atoms with Crippen molar-refractivity contribution in [2.24, 2.45) is 7.05 Å². The smallest absolute Gasteiger partial charge is 0.434 e. The van der Waals surface area contributed by atoms with Gasteiger partial charge in [0, 0.05) is 25.2 Å². The molecule has 0 radical (unpaired) electrons. The van der Waals surface area contributed by atoms with E-state index < -0.39 is 16.8 Å². The van der Waals surface area contributed by atoms with E-state index in [0.717, 1.165) is 0 Å². The molecule has 17 heteroatoms. The molecular weight excluding hydrogens is 599 g/mol. The summed E-state index contributed by atoms with van der Waals surface area (Å²) in [5.41, 5.74) is 0.130. The van der Waals surface area contributed by atoms with Gasteiger partial charge in [-0.25, -0.2) is 9.55 Å². The number of halogens is 3. The zero-order valence-electron chi connectivity index (χ0n) is 24.2. The Bertz CT molecular complexity index is 1670. The molecule has 2 aliphatic rings. The molecule has 0 unspecified atom stereocenters. The van der Waals surface area contributed by atoms with Crippen LogP contribution in [0.1, 0.15) is 37.1 Å². The number of ether oxygens (including phenoxy) is 3. The Kier molecular flexibility index (Phi) is 8.51. The number of imidazole rings is 1. The van der Waals surface area contributed by atoms with Gasteiger partial charge in [0.2, 0.25) is 5.88 Å². The molecule has 1 saturated carbocycles. The molecule has 1 aliphatic carbocycles. The third-order valence-electron chi connectivity index (χ3n) is 7.78. The number of anilines is 2. The molecule has 0 aromatic carbocycles. The number of rotatable bonds is 9. The van der Waals surface area contributed by atoms with Crippen molar-refractivity contribution < 1.29 is 32.3 Å². The van der Waals surface area contributed by atoms with E-state index in [4.69, 9.17) is 19.2 Å². The van der Waals surface area contributed by atoms with Crippen molar-refractivity contribution in [3.63, 3.8) is 0 Å². The minimum Gasteiger partial charge on any atom is -0.484 e. The van der Waals surface area contributed by atoms with Crippen molar-refractivity contribution in [2.75, 3.05) is 36.5 Å². The van der Waals surface area contributed by atoms with Gasteiger partial charge in [0.25, 0.3) is 0 Å². The molecule has 4 aromatic rings. The van der Waals surface area contributed by atoms with Crippen LogP contribution in [-0.4, -0.2) is 72.9 Å². The van der Waals surface area contributed by atoms with Crippen molar-refractivity contribution in [1.82, 2.24) is 29.5 Å². The van der Waals surface area contributed by atoms with Gasteiger partial charge >= 0.3 is 12.1 Å². The Morgan fingerprint density at radius 2 is 1.84 bits per heavy atom. The molecule has 1 saturated heterocycles. The van der Waals surface area contributed by atoms with Crippen LogP contribution in [0.5, 0.6) is 11.6 Å². The van der Waals surface area contributed by atoms with Gasteiger partial charge in [-0.05, 0) is 36.7 Å². The van der Waals surface area contributed by atoms with Crippen molar-refractivity contribution in [1.29, 1.82) is 0 Å². The Labute approximate surface area is 254 Å². The first-order valence-corrected chi connectivity index (χ1v) is 14.4. The average molecular weight is 630 g/mol. The maximum Gasteiger partial charge on any atom is 0.434 e. The lowest BCUT2D eigenvalue weighted by atomic mass is 9.93. The first-order chi connectivity index (χ1) is 21.6. The number of nitrogens with one attached hydrogen (secondary N) is 1. The quantitative estimate of drug-likeness (QED) is 0.207. The van der Waals surface area contributed by atoms with Gasteiger partial charge in [0.1, 0.15) is 36.3 Å². The first-order valence-electron chi connectivity index (χ1n) is 14.4. The second-order valence-corrected chi connectivity index (χ2v) is 10.8. The van der Waals surface area contributed by atoms with Gasteiger partial charge in [-0.15, -0.1) is 0 Å². The Morgan fingerprint density at radius 1 is 1.07 bits per heavy atom. The number of aromatic nitrogens is 6. The third kappa shape index (κ3) is 6.97. The molecule has 1 aliphatic heterocycles. The summed E-state index contributed by atoms with van der Waals surface area (Å²) in [6.45, 7) is 2.54. The SMILES string of the molecule is Cn1c(COc2cnc3cc(N4CCOCC4)nc(O[C@H]4CC[C@@H](Nc5cncc(C(F)(F)F)n5)CC4)c3c2)cnc1[N+](=O)[O-]. The molecule has 1 N–H and O–H groups in total. The fraction of sp³-hybridized carbons (Fsp3) is 0.464. The van der Waals surface area contributed by atoms with Gasteiger partial charge in [0.15, 0.2) is 11.4 Å². The van der Waals surface area contributed by atoms with E-state index in [1.54, 1.807) is 19.3 Å². The number of nitro groups is 1. The van der Waals surface area contributed by atoms with Crippen molar-refractivity contribution in [3.05, 3.63) is 58.4 Å². The summed E-state index contributed by atoms with van der Waals surface area (Å²) in [4.78, 5) is 33.3. The highest BCUT2D eigenvalue weighted by Gasteiger charge is 2.33. The summed E-state index contributed by atoms with van der Waals surface area (Å²) in [5.74, 6) is 1.32. The van der Waals surface area contributed by atoms with Crippen LogP contribution in [0.4, 0.5) is 30.8 Å². The van der Waals surface area contributed by atoms with Crippen LogP contribution in [-0.2, 0) is 24.6 Å². The number of nitrogens with zero attached hydrogens (tertiary/aromatic N) is 8. The van der Waals surface area contributed by atoms with Crippen LogP contribution >= 0.6 is 0 Å². The molecule has 238 valence electrons. The molecule has 14 nitrogen and oxygen atoms in total. The molecule has 5 heterocycles. The molecule has 2 fully saturated rings. The molecule has 0 bridgehead atoms. The van der Waals surface area contributed by atoms with E-state index in [0.29, 0.717) is 92.2 Å². The predicted octanol–water partition coefficient (Wildman–Crippen LogP) is 4.30. The normalized spacial score (nSPS) is 19.0. The third-order valence-corrected chi connectivity index (χ3v) is 7.78. The average Bonchev–Trinajstić information content (AvgIpc) is 3.41. The molecule has 6 rings (SSSR count). The summed E-state index contributed by atoms with van der Waals surface area (Å²) in [5, 5.41) is 14.8. The molecule has 4 aromatic heterocycles. The fourth-order valence-electron chi connectivity index (χ4n) is 5.34. The monoisotopic (exact) mass is 629 g/mol. The molecule has 0 atom stereocenters. The lowest BCUT2D eigenvalue weighted by molar-refractivity contribution is -0.396. The zero-order chi connectivity index (χ0) is 31.6. The molecule has 45 heavy (non-hydrogen) atoms. The number of fused-ring (bicyclic) bond motifs is 1. The van der Waals surface area contributed by atoms with Crippen LogP contribution in [0, 0.1) is 10.1 Å². The summed E-state index contributed by atoms with van der Waals surface area (Å²) in [6, 6.07) is 3.58. The van der Waals surface area contributed by atoms with Crippen LogP contribution in [0.15, 0.2) is 36.9 Å². The number of morpholine rings is 1. The molecular formula is C28H30F3N9O5. The predicted molar refractivity (Wildman–Crippen MR) is 154 cm³/mol. The minimum atomic E-state index is -4.57. The van der Waals surface area contributed by atoms with E-state index in [1.807, 2.05) is 6.07 Å². The highest BCUT2D eigenvalue weighted by molar-refractivity contribution is 5.87. The minimum absolute atomic E-state index is 0.0350. The van der Waals surface area contributed by atoms with Gasteiger partial charge in [-0.1, -0.05) is 4.98 Å². The first kappa shape index (κ1) is 30.2. The van der Waals surface area contributed by atoms with Gasteiger partial charge < -0.3 is 34.5 Å². The standard InChI is InChI=1S/C28H30F3N9O5/c1-38-18(12-34-27(38)40(41)42)16-44-20-10-21-22(33-13-20)11-25(39-6-8-43-9-7-39)37-26(21)45-19-4-2-17(3-5-19)35-24-15-32-14-23(36-24)28(29,30)31/h10-15,17,19H,2-9,16H2,1H3,(H,35,36)/t17-,19+. The highest BCUT2D eigenvalue weighted by Crippen LogP contribution is 2.34. The largest absolute Gasteiger partial charge is 0.484 e. The van der Waals surface area contributed by atoms with Crippen LogP contribution < -0.4 is 19.7 Å². The van der Waals surface area contributed by atoms with Crippen molar-refractivity contribution in [2.45, 2.75) is 50.6 Å². The number of hydrogen-bond acceptors (Lipinski definition) is 12. The zero-order valence-corrected chi connectivity index (χ0v) is 24.2. The Morgan fingerprint density at radius 3 is 2.56 bits per heavy atom. The Hall–Kier alpha value is -4.80. The van der Waals surface area contributed by atoms with Crippen molar-refractivity contribution >= 4 is 28.5 Å². The second-order valence-electron chi connectivity index (χ2n) is 10.8. The Balaban J connectivity index is 1.18. The van der Waals surface area contributed by atoms with Gasteiger partial charge in [-0.3, -0.25) is 9.97 Å². The summed E-state index contributed by atoms with van der Waals surface area (Å²) >= 11 is 0. The highest BCUT2D eigenvalue weighted by atomic mass is 19.4. The van der Waals surface area contributed by atoms with Gasteiger partial charge in [-0.2, -0.15) is 18.2 Å². The van der Waals surface area contributed by atoms with E-state index >= 15 is 0 Å². The maximum absolute atomic E-state index is 13.1. The lowest BCUT2D eigenvalue weighted by Crippen LogP contribution is -2.37. The van der Waals surface area contributed by atoms with Crippen LogP contribution in [0.25, 0.3) is 10.9 Å². The number of hydrogen-bond donors (Lipinski definition) is 1. The van der Waals surface area contributed by atoms with Crippen molar-refractivity contribution in [3.8, 4) is 11.6 Å². The second kappa shape index (κ2) is 12.7. The molecule has 0 amide bonds. The lowest BCUT2D eigenvalue weighted by Gasteiger charge is -2.31. The number of alkyl halides is 3. The molecule has 0 spiro atoms. The summed E-state index contributed by atoms with van der Waals surface area (Å²) in [7, 11) is 1.54. The fourth-order valence-corrected chi connectivity index (χ4v) is 5.34. The van der Waals surface area contributed by atoms with E-state index in [1.165, 1.54) is 17.0 Å². The number of pyridine rings is 2. The summed E-state index contributed by atoms with van der Waals surface area (Å²) < 4.78 is 58.4. The topological polar surface area (TPSA) is 155 Å².